The van der Waals surface area contributed by atoms with Gasteiger partial charge in [-0.2, -0.15) is 4.98 Å². The second-order valence-corrected chi connectivity index (χ2v) is 6.62. The normalized spacial score (nSPS) is 10.8. The van der Waals surface area contributed by atoms with Gasteiger partial charge in [-0.05, 0) is 36.6 Å². The van der Waals surface area contributed by atoms with Gasteiger partial charge in [-0.25, -0.2) is 0 Å². The van der Waals surface area contributed by atoms with E-state index < -0.39 is 0 Å². The number of carbonyl (C=O) groups is 1. The zero-order valence-corrected chi connectivity index (χ0v) is 15.9. The van der Waals surface area contributed by atoms with E-state index in [1.165, 1.54) is 6.07 Å². The number of amides is 1. The number of rotatable bonds is 9. The number of hydrogen-bond acceptors (Lipinski definition) is 5. The van der Waals surface area contributed by atoms with Crippen molar-refractivity contribution >= 4 is 11.6 Å². The number of aromatic nitrogens is 3. The molecule has 146 valence electrons. The maximum Gasteiger partial charge on any atom is 0.250 e. The average molecular weight is 380 g/mol. The Hall–Kier alpha value is -3.22. The van der Waals surface area contributed by atoms with Crippen LogP contribution < -0.4 is 10.9 Å². The van der Waals surface area contributed by atoms with E-state index in [0.29, 0.717) is 31.7 Å². The standard InChI is InChI=1S/C21H24N4O3/c1-2-6-18-23-20(28-24-18)8-5-7-19(26)22-17-12-10-16(11-13-17)15-25-14-4-3-9-21(25)27/h3-4,9-14H,2,5-8,15H2,1H3,(H,22,26). The van der Waals surface area contributed by atoms with E-state index >= 15 is 0 Å². The zero-order chi connectivity index (χ0) is 19.8. The van der Waals surface area contributed by atoms with Gasteiger partial charge >= 0.3 is 0 Å². The lowest BCUT2D eigenvalue weighted by Crippen LogP contribution is -2.18. The highest BCUT2D eigenvalue weighted by Crippen LogP contribution is 2.12. The van der Waals surface area contributed by atoms with E-state index in [-0.39, 0.29) is 11.5 Å². The molecule has 3 rings (SSSR count). The summed E-state index contributed by atoms with van der Waals surface area (Å²) in [5.74, 6) is 1.25. The van der Waals surface area contributed by atoms with Crippen LogP contribution in [0.15, 0.2) is 58.0 Å². The summed E-state index contributed by atoms with van der Waals surface area (Å²) in [5, 5.41) is 6.79. The van der Waals surface area contributed by atoms with Gasteiger partial charge in [0, 0.05) is 37.2 Å². The smallest absolute Gasteiger partial charge is 0.250 e. The summed E-state index contributed by atoms with van der Waals surface area (Å²) >= 11 is 0. The monoisotopic (exact) mass is 380 g/mol. The maximum absolute atomic E-state index is 12.1. The fourth-order valence-electron chi connectivity index (χ4n) is 2.82. The number of pyridine rings is 1. The van der Waals surface area contributed by atoms with E-state index in [4.69, 9.17) is 4.52 Å². The van der Waals surface area contributed by atoms with Crippen LogP contribution in [0.5, 0.6) is 0 Å². The molecule has 0 bridgehead atoms. The number of hydrogen-bond donors (Lipinski definition) is 1. The van der Waals surface area contributed by atoms with Crippen molar-refractivity contribution in [2.75, 3.05) is 5.32 Å². The first-order valence-corrected chi connectivity index (χ1v) is 9.50. The molecule has 0 atom stereocenters. The topological polar surface area (TPSA) is 90.0 Å². The zero-order valence-electron chi connectivity index (χ0n) is 15.9. The van der Waals surface area contributed by atoms with E-state index in [1.807, 2.05) is 30.3 Å². The maximum atomic E-state index is 12.1. The SMILES string of the molecule is CCCc1noc(CCCC(=O)Nc2ccc(Cn3ccccc3=O)cc2)n1. The second kappa shape index (κ2) is 9.64. The highest BCUT2D eigenvalue weighted by atomic mass is 16.5. The molecule has 0 aliphatic carbocycles. The van der Waals surface area contributed by atoms with Gasteiger partial charge in [-0.15, -0.1) is 0 Å². The third-order valence-electron chi connectivity index (χ3n) is 4.27. The van der Waals surface area contributed by atoms with Crippen LogP contribution in [0.1, 0.15) is 43.5 Å². The minimum atomic E-state index is -0.0553. The van der Waals surface area contributed by atoms with E-state index in [2.05, 4.69) is 22.4 Å². The summed E-state index contributed by atoms with van der Waals surface area (Å²) in [5.41, 5.74) is 1.69. The van der Waals surface area contributed by atoms with Crippen LogP contribution in [0.25, 0.3) is 0 Å². The molecule has 2 heterocycles. The van der Waals surface area contributed by atoms with Crippen molar-refractivity contribution in [3.8, 4) is 0 Å². The highest BCUT2D eigenvalue weighted by Gasteiger charge is 2.08. The molecular weight excluding hydrogens is 356 g/mol. The summed E-state index contributed by atoms with van der Waals surface area (Å²) in [6.07, 6.45) is 5.16. The molecule has 1 aromatic carbocycles. The third kappa shape index (κ3) is 5.64. The molecule has 7 heteroatoms. The summed E-state index contributed by atoms with van der Waals surface area (Å²) < 4.78 is 6.81. The van der Waals surface area contributed by atoms with Crippen molar-refractivity contribution in [3.63, 3.8) is 0 Å². The van der Waals surface area contributed by atoms with E-state index in [0.717, 1.165) is 29.9 Å². The Morgan fingerprint density at radius 2 is 1.96 bits per heavy atom. The molecule has 0 spiro atoms. The minimum Gasteiger partial charge on any atom is -0.339 e. The Kier molecular flexibility index (Phi) is 6.73. The van der Waals surface area contributed by atoms with Crippen LogP contribution in [0, 0.1) is 0 Å². The summed E-state index contributed by atoms with van der Waals surface area (Å²) in [7, 11) is 0. The van der Waals surface area contributed by atoms with Gasteiger partial charge < -0.3 is 14.4 Å². The van der Waals surface area contributed by atoms with Crippen molar-refractivity contribution in [2.45, 2.75) is 45.6 Å². The molecule has 0 saturated heterocycles. The number of benzene rings is 1. The molecule has 28 heavy (non-hydrogen) atoms. The fraction of sp³-hybridized carbons (Fsp3) is 0.333. The fourth-order valence-corrected chi connectivity index (χ4v) is 2.82. The molecule has 0 fully saturated rings. The Morgan fingerprint density at radius 1 is 1.14 bits per heavy atom. The third-order valence-corrected chi connectivity index (χ3v) is 4.27. The van der Waals surface area contributed by atoms with Crippen molar-refractivity contribution in [2.24, 2.45) is 0 Å². The summed E-state index contributed by atoms with van der Waals surface area (Å²) in [6.45, 7) is 2.56. The Labute approximate surface area is 163 Å². The summed E-state index contributed by atoms with van der Waals surface area (Å²) in [6, 6.07) is 12.6. The largest absolute Gasteiger partial charge is 0.339 e. The van der Waals surface area contributed by atoms with Gasteiger partial charge in [0.1, 0.15) is 0 Å². The lowest BCUT2D eigenvalue weighted by molar-refractivity contribution is -0.116. The minimum absolute atomic E-state index is 0.0389. The molecule has 0 saturated carbocycles. The Morgan fingerprint density at radius 3 is 2.71 bits per heavy atom. The summed E-state index contributed by atoms with van der Waals surface area (Å²) in [4.78, 5) is 28.2. The van der Waals surface area contributed by atoms with Crippen LogP contribution in [0.4, 0.5) is 5.69 Å². The predicted octanol–water partition coefficient (Wildman–Crippen LogP) is 3.19. The number of aryl methyl sites for hydroxylation is 2. The van der Waals surface area contributed by atoms with E-state index in [1.54, 1.807) is 16.8 Å². The van der Waals surface area contributed by atoms with Gasteiger partial charge in [0.2, 0.25) is 11.8 Å². The van der Waals surface area contributed by atoms with Crippen molar-refractivity contribution in [1.82, 2.24) is 14.7 Å². The van der Waals surface area contributed by atoms with Gasteiger partial charge in [0.15, 0.2) is 5.82 Å². The Balaban J connectivity index is 1.45. The number of anilines is 1. The first kappa shape index (κ1) is 19.5. The quantitative estimate of drug-likeness (QED) is 0.616. The lowest BCUT2D eigenvalue weighted by atomic mass is 10.2. The van der Waals surface area contributed by atoms with Gasteiger partial charge in [-0.1, -0.05) is 30.3 Å². The number of carbonyl (C=O) groups excluding carboxylic acids is 1. The molecule has 0 unspecified atom stereocenters. The van der Waals surface area contributed by atoms with E-state index in [9.17, 15) is 9.59 Å². The van der Waals surface area contributed by atoms with Gasteiger partial charge in [0.05, 0.1) is 6.54 Å². The van der Waals surface area contributed by atoms with Crippen LogP contribution in [-0.4, -0.2) is 20.6 Å². The first-order valence-electron chi connectivity index (χ1n) is 9.50. The van der Waals surface area contributed by atoms with Crippen molar-refractivity contribution < 1.29 is 9.32 Å². The van der Waals surface area contributed by atoms with Crippen LogP contribution in [0.3, 0.4) is 0 Å². The van der Waals surface area contributed by atoms with Crippen LogP contribution in [0.2, 0.25) is 0 Å². The van der Waals surface area contributed by atoms with Gasteiger partial charge in [0.25, 0.3) is 5.56 Å². The van der Waals surface area contributed by atoms with Crippen molar-refractivity contribution in [1.29, 1.82) is 0 Å². The molecule has 0 aliphatic rings. The molecule has 2 aromatic heterocycles. The number of nitrogens with zero attached hydrogens (tertiary/aromatic N) is 3. The van der Waals surface area contributed by atoms with Crippen LogP contribution in [-0.2, 0) is 24.2 Å². The predicted molar refractivity (Wildman–Crippen MR) is 106 cm³/mol. The molecule has 7 nitrogen and oxygen atoms in total. The molecule has 1 N–H and O–H groups in total. The number of nitrogens with one attached hydrogen (secondary N) is 1. The lowest BCUT2D eigenvalue weighted by Gasteiger charge is -2.08. The molecule has 3 aromatic rings. The molecule has 0 radical (unpaired) electrons. The highest BCUT2D eigenvalue weighted by molar-refractivity contribution is 5.90. The second-order valence-electron chi connectivity index (χ2n) is 6.62. The van der Waals surface area contributed by atoms with Gasteiger partial charge in [-0.3, -0.25) is 9.59 Å². The average Bonchev–Trinajstić information content (AvgIpc) is 3.13. The van der Waals surface area contributed by atoms with Crippen molar-refractivity contribution in [3.05, 3.63) is 76.3 Å². The Bertz CT molecular complexity index is 960. The molecular formula is C21H24N4O3. The first-order chi connectivity index (χ1) is 13.6. The van der Waals surface area contributed by atoms with Crippen LogP contribution >= 0.6 is 0 Å². The molecule has 0 aliphatic heterocycles. The molecule has 1 amide bonds.